The van der Waals surface area contributed by atoms with Crippen molar-refractivity contribution in [3.05, 3.63) is 39.8 Å². The number of halogens is 3. The highest BCUT2D eigenvalue weighted by molar-refractivity contribution is 7.99. The SMILES string of the molecule is Cn1c(Sc2ccc(CCN)cc2C(F)(F)F)n[nH]c1=O. The van der Waals surface area contributed by atoms with Gasteiger partial charge in [-0.3, -0.25) is 4.57 Å². The van der Waals surface area contributed by atoms with E-state index in [0.717, 1.165) is 22.4 Å². The molecule has 1 aromatic heterocycles. The number of H-pyrrole nitrogens is 1. The van der Waals surface area contributed by atoms with Crippen LogP contribution in [-0.4, -0.2) is 21.3 Å². The summed E-state index contributed by atoms with van der Waals surface area (Å²) < 4.78 is 40.6. The summed E-state index contributed by atoms with van der Waals surface area (Å²) in [6, 6.07) is 4.05. The first-order chi connectivity index (χ1) is 9.82. The summed E-state index contributed by atoms with van der Waals surface area (Å²) in [5, 5.41) is 6.04. The molecule has 0 aliphatic rings. The maximum atomic E-state index is 13.1. The summed E-state index contributed by atoms with van der Waals surface area (Å²) in [5.74, 6) is 0. The molecule has 5 nitrogen and oxygen atoms in total. The Kier molecular flexibility index (Phi) is 4.43. The molecule has 0 saturated heterocycles. The second-order valence-electron chi connectivity index (χ2n) is 4.34. The number of hydrogen-bond donors (Lipinski definition) is 2. The zero-order valence-corrected chi connectivity index (χ0v) is 11.9. The standard InChI is InChI=1S/C12H13F3N4OS/c1-19-10(20)17-18-11(19)21-9-3-2-7(4-5-16)6-8(9)12(13,14)15/h2-3,6H,4-5,16H2,1H3,(H,17,20). The minimum absolute atomic E-state index is 0.00892. The summed E-state index contributed by atoms with van der Waals surface area (Å²) in [6.45, 7) is 0.275. The van der Waals surface area contributed by atoms with Crippen molar-refractivity contribution in [2.45, 2.75) is 22.6 Å². The van der Waals surface area contributed by atoms with Crippen molar-refractivity contribution in [1.82, 2.24) is 14.8 Å². The zero-order chi connectivity index (χ0) is 15.6. The van der Waals surface area contributed by atoms with E-state index >= 15 is 0 Å². The van der Waals surface area contributed by atoms with Gasteiger partial charge in [-0.1, -0.05) is 6.07 Å². The molecule has 0 bridgehead atoms. The number of hydrogen-bond acceptors (Lipinski definition) is 4. The van der Waals surface area contributed by atoms with Crippen LogP contribution in [0.3, 0.4) is 0 Å². The molecule has 2 rings (SSSR count). The third kappa shape index (κ3) is 3.48. The van der Waals surface area contributed by atoms with Gasteiger partial charge in [-0.15, -0.1) is 5.10 Å². The molecule has 0 spiro atoms. The lowest BCUT2D eigenvalue weighted by Gasteiger charge is -2.13. The number of aromatic nitrogens is 3. The van der Waals surface area contributed by atoms with Crippen LogP contribution in [0.1, 0.15) is 11.1 Å². The van der Waals surface area contributed by atoms with Crippen LogP contribution in [0.25, 0.3) is 0 Å². The van der Waals surface area contributed by atoms with Crippen LogP contribution in [0.2, 0.25) is 0 Å². The number of rotatable bonds is 4. The summed E-state index contributed by atoms with van der Waals surface area (Å²) in [5.41, 5.74) is 4.65. The lowest BCUT2D eigenvalue weighted by Crippen LogP contribution is -2.13. The van der Waals surface area contributed by atoms with Crippen LogP contribution in [0, 0.1) is 0 Å². The van der Waals surface area contributed by atoms with Crippen LogP contribution in [0.4, 0.5) is 13.2 Å². The van der Waals surface area contributed by atoms with E-state index in [1.165, 1.54) is 13.1 Å². The molecule has 2 aromatic rings. The fraction of sp³-hybridized carbons (Fsp3) is 0.333. The first kappa shape index (κ1) is 15.6. The molecule has 114 valence electrons. The average Bonchev–Trinajstić information content (AvgIpc) is 2.71. The molecule has 21 heavy (non-hydrogen) atoms. The zero-order valence-electron chi connectivity index (χ0n) is 11.1. The fourth-order valence-electron chi connectivity index (χ4n) is 1.73. The molecule has 0 fully saturated rings. The van der Waals surface area contributed by atoms with Gasteiger partial charge in [-0.25, -0.2) is 9.89 Å². The highest BCUT2D eigenvalue weighted by atomic mass is 32.2. The molecule has 0 aliphatic heterocycles. The lowest BCUT2D eigenvalue weighted by molar-refractivity contribution is -0.139. The number of nitrogens with zero attached hydrogens (tertiary/aromatic N) is 2. The molecule has 1 aromatic carbocycles. The Bertz CT molecular complexity index is 693. The van der Waals surface area contributed by atoms with E-state index in [1.807, 2.05) is 0 Å². The van der Waals surface area contributed by atoms with Gasteiger partial charge in [-0.05, 0) is 42.4 Å². The Labute approximate surface area is 122 Å². The molecule has 0 unspecified atom stereocenters. The van der Waals surface area contributed by atoms with Crippen molar-refractivity contribution in [3.8, 4) is 0 Å². The van der Waals surface area contributed by atoms with Crippen LogP contribution in [0.5, 0.6) is 0 Å². The van der Waals surface area contributed by atoms with E-state index in [-0.39, 0.29) is 16.6 Å². The van der Waals surface area contributed by atoms with E-state index in [1.54, 1.807) is 6.07 Å². The van der Waals surface area contributed by atoms with Crippen molar-refractivity contribution in [3.63, 3.8) is 0 Å². The van der Waals surface area contributed by atoms with E-state index in [2.05, 4.69) is 10.2 Å². The lowest BCUT2D eigenvalue weighted by atomic mass is 10.1. The van der Waals surface area contributed by atoms with E-state index < -0.39 is 17.4 Å². The molecule has 9 heteroatoms. The molecule has 0 saturated carbocycles. The average molecular weight is 318 g/mol. The number of alkyl halides is 3. The molecule has 3 N–H and O–H groups in total. The first-order valence-electron chi connectivity index (χ1n) is 6.02. The van der Waals surface area contributed by atoms with Crippen LogP contribution in [-0.2, 0) is 19.6 Å². The summed E-state index contributed by atoms with van der Waals surface area (Å²) in [7, 11) is 1.43. The van der Waals surface area contributed by atoms with Gasteiger partial charge < -0.3 is 5.73 Å². The van der Waals surface area contributed by atoms with Gasteiger partial charge in [0, 0.05) is 11.9 Å². The number of nitrogens with one attached hydrogen (secondary N) is 1. The first-order valence-corrected chi connectivity index (χ1v) is 6.84. The predicted octanol–water partition coefficient (Wildman–Crippen LogP) is 1.78. The summed E-state index contributed by atoms with van der Waals surface area (Å²) >= 11 is 0.785. The monoisotopic (exact) mass is 318 g/mol. The minimum Gasteiger partial charge on any atom is -0.330 e. The van der Waals surface area contributed by atoms with Gasteiger partial charge in [0.1, 0.15) is 0 Å². The smallest absolute Gasteiger partial charge is 0.330 e. The van der Waals surface area contributed by atoms with Crippen LogP contribution < -0.4 is 11.4 Å². The Hall–Kier alpha value is -1.74. The number of aromatic amines is 1. The minimum atomic E-state index is -4.48. The molecule has 0 amide bonds. The van der Waals surface area contributed by atoms with Gasteiger partial charge in [-0.2, -0.15) is 13.2 Å². The number of nitrogens with two attached hydrogens (primary N) is 1. The van der Waals surface area contributed by atoms with E-state index in [9.17, 15) is 18.0 Å². The van der Waals surface area contributed by atoms with Crippen molar-refractivity contribution in [2.24, 2.45) is 12.8 Å². The topological polar surface area (TPSA) is 76.7 Å². The Morgan fingerprint density at radius 1 is 1.43 bits per heavy atom. The van der Waals surface area contributed by atoms with Crippen molar-refractivity contribution < 1.29 is 13.2 Å². The Morgan fingerprint density at radius 3 is 2.67 bits per heavy atom. The third-order valence-corrected chi connectivity index (χ3v) is 3.95. The fourth-order valence-corrected chi connectivity index (χ4v) is 2.66. The maximum Gasteiger partial charge on any atom is 0.417 e. The van der Waals surface area contributed by atoms with E-state index in [4.69, 9.17) is 5.73 Å². The molecular weight excluding hydrogens is 305 g/mol. The highest BCUT2D eigenvalue weighted by Crippen LogP contribution is 2.39. The molecule has 0 atom stereocenters. The molecular formula is C12H13F3N4OS. The van der Waals surface area contributed by atoms with Gasteiger partial charge in [0.05, 0.1) is 5.56 Å². The largest absolute Gasteiger partial charge is 0.417 e. The predicted molar refractivity (Wildman–Crippen MR) is 72.2 cm³/mol. The normalized spacial score (nSPS) is 11.9. The van der Waals surface area contributed by atoms with Gasteiger partial charge >= 0.3 is 11.9 Å². The Morgan fingerprint density at radius 2 is 2.14 bits per heavy atom. The van der Waals surface area contributed by atoms with Crippen molar-refractivity contribution in [2.75, 3.05) is 6.54 Å². The highest BCUT2D eigenvalue weighted by Gasteiger charge is 2.34. The number of benzene rings is 1. The van der Waals surface area contributed by atoms with Gasteiger partial charge in [0.15, 0.2) is 5.16 Å². The second-order valence-corrected chi connectivity index (χ2v) is 5.35. The summed E-state index contributed by atoms with van der Waals surface area (Å²) in [4.78, 5) is 11.2. The van der Waals surface area contributed by atoms with Crippen molar-refractivity contribution >= 4 is 11.8 Å². The summed E-state index contributed by atoms with van der Waals surface area (Å²) in [6.07, 6.45) is -4.11. The van der Waals surface area contributed by atoms with E-state index in [0.29, 0.717) is 12.0 Å². The molecule has 0 aliphatic carbocycles. The van der Waals surface area contributed by atoms with Crippen LogP contribution >= 0.6 is 11.8 Å². The Balaban J connectivity index is 2.43. The molecule has 1 heterocycles. The van der Waals surface area contributed by atoms with Gasteiger partial charge in [0.25, 0.3) is 0 Å². The quantitative estimate of drug-likeness (QED) is 0.901. The second kappa shape index (κ2) is 5.94. The third-order valence-electron chi connectivity index (χ3n) is 2.82. The van der Waals surface area contributed by atoms with Crippen molar-refractivity contribution in [1.29, 1.82) is 0 Å². The van der Waals surface area contributed by atoms with Crippen LogP contribution in [0.15, 0.2) is 33.0 Å². The molecule has 0 radical (unpaired) electrons. The maximum absolute atomic E-state index is 13.1. The van der Waals surface area contributed by atoms with Gasteiger partial charge in [0.2, 0.25) is 0 Å².